The summed E-state index contributed by atoms with van der Waals surface area (Å²) in [5.74, 6) is 2.84. The van der Waals surface area contributed by atoms with Gasteiger partial charge < -0.3 is 0 Å². The molecule has 652 valence electrons. The van der Waals surface area contributed by atoms with Crippen LogP contribution >= 0.6 is 0 Å². The van der Waals surface area contributed by atoms with Crippen LogP contribution < -0.4 is 22.8 Å². The van der Waals surface area contributed by atoms with Crippen LogP contribution in [0.15, 0.2) is 273 Å². The number of hydrogen-bond donors (Lipinski definition) is 0. The molecule has 0 saturated heterocycles. The van der Waals surface area contributed by atoms with Crippen molar-refractivity contribution in [2.75, 3.05) is 0 Å². The Labute approximate surface area is 787 Å². The number of aromatic nitrogens is 10. The van der Waals surface area contributed by atoms with E-state index in [0.29, 0.717) is 41.0 Å². The molecule has 0 radical (unpaired) electrons. The summed E-state index contributed by atoms with van der Waals surface area (Å²) in [5.41, 5.74) is 31.2. The summed E-state index contributed by atoms with van der Waals surface area (Å²) in [5, 5.41) is 0. The number of benzene rings is 11. The molecule has 11 aromatic carbocycles. The lowest BCUT2D eigenvalue weighted by Crippen LogP contribution is -2.39. The maximum Gasteiger partial charge on any atom is 0.264 e. The lowest BCUT2D eigenvalue weighted by molar-refractivity contribution is -0.606. The molecule has 2 aliphatic carbocycles. The fourth-order valence-electron chi connectivity index (χ4n) is 24.6. The van der Waals surface area contributed by atoms with Gasteiger partial charge in [0.1, 0.15) is 79.6 Å². The van der Waals surface area contributed by atoms with Gasteiger partial charge in [-0.1, -0.05) is 244 Å². The molecule has 2 saturated carbocycles. The monoisotopic (exact) mass is 1720 g/mol. The van der Waals surface area contributed by atoms with Crippen LogP contribution in [-0.4, -0.2) is 22.8 Å². The van der Waals surface area contributed by atoms with Gasteiger partial charge in [-0.05, 0) is 215 Å². The summed E-state index contributed by atoms with van der Waals surface area (Å²) in [4.78, 5) is 0. The Balaban J connectivity index is 0.000000114. The molecular formula is C119H131N10+5. The Kier molecular flexibility index (Phi) is 17.6. The molecule has 16 aromatic rings. The molecule has 3 atom stereocenters. The van der Waals surface area contributed by atoms with Crippen molar-refractivity contribution in [3.05, 3.63) is 420 Å². The second-order valence-electron chi connectivity index (χ2n) is 38.6. The average molecular weight is 1720 g/mol. The first-order valence-electron chi connectivity index (χ1n) is 53.9. The van der Waals surface area contributed by atoms with Gasteiger partial charge in [-0.25, -0.2) is 0 Å². The minimum Gasteiger partial charge on any atom is -0.197 e. The van der Waals surface area contributed by atoms with Gasteiger partial charge in [-0.3, -0.25) is 0 Å². The molecule has 7 aliphatic rings. The Hall–Kier alpha value is -12.5. The molecule has 5 aromatic heterocycles. The topological polar surface area (TPSA) is 44.0 Å². The largest absolute Gasteiger partial charge is 0.264 e. The summed E-state index contributed by atoms with van der Waals surface area (Å²) < 4.78 is 146. The molecule has 10 heteroatoms. The van der Waals surface area contributed by atoms with Crippen LogP contribution in [0.5, 0.6) is 0 Å². The summed E-state index contributed by atoms with van der Waals surface area (Å²) in [6.45, 7) is 24.8. The molecule has 10 heterocycles. The Bertz CT molecular complexity index is 7570. The minimum atomic E-state index is -2.29. The zero-order chi connectivity index (χ0) is 103. The number of para-hydroxylation sites is 10. The summed E-state index contributed by atoms with van der Waals surface area (Å²) in [6.07, 6.45) is 11.1. The first-order chi connectivity index (χ1) is 68.1. The SMILES string of the molecule is [2H]C([2H])([2H])c1n(-c2ccccc2C)c(C)c2[n+]1-c1ccccc1C2(C)C.[2H]C([2H])([2H])c1n(-c2ccccc2C)c(C)c2[n+]1-c1ccccc1C2(C)C.[2H]C([2H])([2H])c1n(-c2ccccc2C)c(C)c2[n+]1-c1ccccc1C2(C)C1CCCC1.[2H]C([2H])([2H])c1n(-c2ccccc2C)c(C)c2[n+]1-c1ccccc1C2(C)C1CCCCC1.[2H]C([2H])([2H])c1n(-c2ccccc2C)c(C)c2[n+]1-c1ccccc1C2(C)c1ccccc1. The highest BCUT2D eigenvalue weighted by atomic mass is 15.2. The van der Waals surface area contributed by atoms with E-state index in [-0.39, 0.29) is 21.7 Å². The number of aryl methyl sites for hydroxylation is 5. The van der Waals surface area contributed by atoms with E-state index < -0.39 is 39.7 Å². The third-order valence-corrected chi connectivity index (χ3v) is 30.7. The summed E-state index contributed by atoms with van der Waals surface area (Å²) in [7, 11) is 0. The third kappa shape index (κ3) is 13.0. The van der Waals surface area contributed by atoms with Crippen molar-refractivity contribution in [1.29, 1.82) is 0 Å². The molecule has 0 amide bonds. The second-order valence-corrected chi connectivity index (χ2v) is 38.6. The number of fused-ring (bicyclic) bond motifs is 15. The van der Waals surface area contributed by atoms with Crippen LogP contribution in [0.2, 0.25) is 0 Å². The van der Waals surface area contributed by atoms with Crippen LogP contribution in [0.3, 0.4) is 0 Å². The van der Waals surface area contributed by atoms with E-state index in [0.717, 1.165) is 153 Å². The van der Waals surface area contributed by atoms with Crippen molar-refractivity contribution >= 4 is 0 Å². The molecule has 5 aliphatic heterocycles. The first-order valence-corrected chi connectivity index (χ1v) is 46.4. The van der Waals surface area contributed by atoms with Gasteiger partial charge in [0.05, 0.1) is 27.1 Å². The van der Waals surface area contributed by atoms with Crippen molar-refractivity contribution < 1.29 is 43.4 Å². The second kappa shape index (κ2) is 32.6. The molecule has 10 nitrogen and oxygen atoms in total. The molecular weight excluding hydrogens is 1570 g/mol. The van der Waals surface area contributed by atoms with Gasteiger partial charge >= 0.3 is 0 Å². The predicted molar refractivity (Wildman–Crippen MR) is 525 cm³/mol. The van der Waals surface area contributed by atoms with Crippen LogP contribution in [-0.2, 0) is 27.1 Å². The summed E-state index contributed by atoms with van der Waals surface area (Å²) >= 11 is 0. The van der Waals surface area contributed by atoms with Gasteiger partial charge in [-0.15, -0.1) is 0 Å². The van der Waals surface area contributed by atoms with Crippen LogP contribution in [0.4, 0.5) is 0 Å². The van der Waals surface area contributed by atoms with Crippen molar-refractivity contribution in [3.8, 4) is 56.9 Å². The van der Waals surface area contributed by atoms with Gasteiger partial charge in [0.2, 0.25) is 0 Å². The number of nitrogens with zero attached hydrogens (tertiary/aromatic N) is 10. The molecule has 129 heavy (non-hydrogen) atoms. The number of rotatable bonds is 8. The van der Waals surface area contributed by atoms with Gasteiger partial charge in [0.25, 0.3) is 29.1 Å². The van der Waals surface area contributed by atoms with Crippen molar-refractivity contribution in [2.45, 2.75) is 237 Å². The highest BCUT2D eigenvalue weighted by molar-refractivity contribution is 5.62. The molecule has 0 bridgehead atoms. The van der Waals surface area contributed by atoms with Gasteiger partial charge in [0, 0.05) is 117 Å². The smallest absolute Gasteiger partial charge is 0.197 e. The van der Waals surface area contributed by atoms with E-state index in [4.69, 9.17) is 20.6 Å². The Morgan fingerprint density at radius 2 is 0.465 bits per heavy atom. The average Bonchev–Trinajstić information content (AvgIpc) is 1.55. The Morgan fingerprint density at radius 3 is 0.775 bits per heavy atom. The molecule has 23 rings (SSSR count). The highest BCUT2D eigenvalue weighted by Crippen LogP contribution is 2.55. The third-order valence-electron chi connectivity index (χ3n) is 30.7. The van der Waals surface area contributed by atoms with Crippen LogP contribution in [0, 0.1) is 115 Å². The predicted octanol–water partition coefficient (Wildman–Crippen LogP) is 25.4. The number of hydrogen-bond acceptors (Lipinski definition) is 0. The fourth-order valence-corrected chi connectivity index (χ4v) is 24.6. The molecule has 0 N–H and O–H groups in total. The maximum absolute atomic E-state index is 8.52. The molecule has 3 unspecified atom stereocenters. The van der Waals surface area contributed by atoms with E-state index in [1.807, 2.05) is 272 Å². The van der Waals surface area contributed by atoms with E-state index in [1.54, 1.807) is 0 Å². The standard InChI is InChI=1S/C26H31N2.C26H25N2.C25H29N2.2C21H23N2/c2*1-18-12-8-10-16-23(18)27-19(2)25-26(4,21-13-6-5-7-14-21)22-15-9-11-17-24(22)28(25)20(27)3;1-17-11-5-9-15-22(17)26-18(2)24-25(4,20-12-6-7-13-20)21-14-8-10-16-23(21)27(24)19(26)3;2*1-14-10-6-8-12-18(14)22-15(2)20-21(4,5)17-11-7-9-13-19(17)23(20)16(22)3/h8-12,15-17,21H,5-7,13-14H2,1-4H3;5-17H,1-4H3;5,8-11,14-16,20H,6-7,12-13H2,1-4H3;2*6-13H,1-5H3/q5*+1/i5*3D3. The van der Waals surface area contributed by atoms with E-state index in [9.17, 15) is 0 Å². The Morgan fingerprint density at radius 1 is 0.240 bits per heavy atom. The van der Waals surface area contributed by atoms with Crippen molar-refractivity contribution in [2.24, 2.45) is 11.8 Å². The highest BCUT2D eigenvalue weighted by Gasteiger charge is 2.57. The van der Waals surface area contributed by atoms with E-state index in [2.05, 4.69) is 164 Å². The lowest BCUT2D eigenvalue weighted by atomic mass is 9.65. The minimum absolute atomic E-state index is 0.175. The zero-order valence-corrected chi connectivity index (χ0v) is 78.0. The van der Waals surface area contributed by atoms with Gasteiger partial charge in [0.15, 0.2) is 34.2 Å². The van der Waals surface area contributed by atoms with E-state index >= 15 is 0 Å². The normalized spacial score (nSPS) is 20.4. The zero-order valence-electron chi connectivity index (χ0n) is 93.0. The summed E-state index contributed by atoms with van der Waals surface area (Å²) in [6, 6.07) is 91.7. The van der Waals surface area contributed by atoms with Crippen molar-refractivity contribution in [3.63, 3.8) is 0 Å². The molecule has 0 spiro atoms. The number of imidazole rings is 5. The molecule has 2 fully saturated rings. The lowest BCUT2D eigenvalue weighted by Gasteiger charge is -2.36. The van der Waals surface area contributed by atoms with Crippen LogP contribution in [0.1, 0.15) is 274 Å². The quantitative estimate of drug-likeness (QED) is 0.136. The maximum atomic E-state index is 8.52. The van der Waals surface area contributed by atoms with Crippen molar-refractivity contribution in [1.82, 2.24) is 22.8 Å². The van der Waals surface area contributed by atoms with E-state index in [1.165, 1.54) is 80.0 Å². The fraction of sp³-hybridized carbons (Fsp3) is 0.319. The first kappa shape index (κ1) is 69.5. The van der Waals surface area contributed by atoms with Crippen LogP contribution in [0.25, 0.3) is 56.9 Å². The van der Waals surface area contributed by atoms with Gasteiger partial charge in [-0.2, -0.15) is 45.7 Å².